The third-order valence-electron chi connectivity index (χ3n) is 4.81. The number of aryl methyl sites for hydroxylation is 1. The summed E-state index contributed by atoms with van der Waals surface area (Å²) in [5, 5.41) is 3.78. The van der Waals surface area contributed by atoms with E-state index in [0.717, 1.165) is 18.9 Å². The second kappa shape index (κ2) is 6.08. The van der Waals surface area contributed by atoms with Gasteiger partial charge in [-0.25, -0.2) is 4.98 Å². The number of imidazole rings is 1. The van der Waals surface area contributed by atoms with E-state index in [2.05, 4.69) is 42.7 Å². The highest BCUT2D eigenvalue weighted by Gasteiger charge is 2.39. The van der Waals surface area contributed by atoms with E-state index in [0.29, 0.717) is 11.5 Å². The summed E-state index contributed by atoms with van der Waals surface area (Å²) in [7, 11) is 2.10. The fourth-order valence-electron chi connectivity index (χ4n) is 3.58. The van der Waals surface area contributed by atoms with Crippen molar-refractivity contribution in [2.75, 3.05) is 6.54 Å². The van der Waals surface area contributed by atoms with E-state index in [1.165, 1.54) is 31.5 Å². The van der Waals surface area contributed by atoms with Gasteiger partial charge in [0.15, 0.2) is 0 Å². The number of rotatable bonds is 6. The maximum absolute atomic E-state index is 4.51. The number of nitrogens with one attached hydrogen (secondary N) is 1. The molecular formula is C16H29N3. The molecule has 1 aliphatic rings. The van der Waals surface area contributed by atoms with Gasteiger partial charge < -0.3 is 9.88 Å². The molecule has 1 fully saturated rings. The average Bonchev–Trinajstić information content (AvgIpc) is 2.91. The fraction of sp³-hybridized carbons (Fsp3) is 0.812. The van der Waals surface area contributed by atoms with Crippen LogP contribution >= 0.6 is 0 Å². The zero-order valence-corrected chi connectivity index (χ0v) is 12.9. The molecule has 0 bridgehead atoms. The quantitative estimate of drug-likeness (QED) is 0.854. The number of aromatic nitrogens is 2. The Morgan fingerprint density at radius 3 is 2.84 bits per heavy atom. The lowest BCUT2D eigenvalue weighted by atomic mass is 9.76. The van der Waals surface area contributed by atoms with Crippen molar-refractivity contribution in [2.24, 2.45) is 18.4 Å². The Hall–Kier alpha value is -0.830. The molecule has 1 aromatic heterocycles. The van der Waals surface area contributed by atoms with Gasteiger partial charge in [-0.3, -0.25) is 0 Å². The molecule has 1 heterocycles. The van der Waals surface area contributed by atoms with E-state index >= 15 is 0 Å². The zero-order chi connectivity index (χ0) is 13.9. The standard InChI is InChI=1S/C16H29N3/c1-5-9-17-14(12-15-18-10-11-19(15)4)13-7-6-8-16(13,2)3/h10-11,13-14,17H,5-9,12H2,1-4H3. The lowest BCUT2D eigenvalue weighted by molar-refractivity contribution is 0.193. The summed E-state index contributed by atoms with van der Waals surface area (Å²) in [6.07, 6.45) is 10.3. The molecule has 2 unspecified atom stereocenters. The van der Waals surface area contributed by atoms with Crippen LogP contribution in [0.15, 0.2) is 12.4 Å². The fourth-order valence-corrected chi connectivity index (χ4v) is 3.58. The van der Waals surface area contributed by atoms with E-state index in [4.69, 9.17) is 0 Å². The van der Waals surface area contributed by atoms with Gasteiger partial charge in [-0.1, -0.05) is 27.2 Å². The van der Waals surface area contributed by atoms with Crippen molar-refractivity contribution in [3.05, 3.63) is 18.2 Å². The normalized spacial score (nSPS) is 23.7. The Bertz CT molecular complexity index is 394. The minimum Gasteiger partial charge on any atom is -0.338 e. The van der Waals surface area contributed by atoms with E-state index in [1.54, 1.807) is 0 Å². The minimum atomic E-state index is 0.469. The van der Waals surface area contributed by atoms with Crippen molar-refractivity contribution in [1.82, 2.24) is 14.9 Å². The SMILES string of the molecule is CCCNC(Cc1nccn1C)C1CCCC1(C)C. The van der Waals surface area contributed by atoms with Crippen molar-refractivity contribution >= 4 is 0 Å². The summed E-state index contributed by atoms with van der Waals surface area (Å²) in [5.74, 6) is 1.98. The molecule has 2 rings (SSSR count). The molecule has 3 heteroatoms. The molecule has 1 aliphatic carbocycles. The number of nitrogens with zero attached hydrogens (tertiary/aromatic N) is 2. The number of hydrogen-bond donors (Lipinski definition) is 1. The predicted octanol–water partition coefficient (Wildman–Crippen LogP) is 3.16. The monoisotopic (exact) mass is 263 g/mol. The molecule has 2 atom stereocenters. The topological polar surface area (TPSA) is 29.9 Å². The Labute approximate surface area is 117 Å². The van der Waals surface area contributed by atoms with Gasteiger partial charge in [-0.15, -0.1) is 0 Å². The van der Waals surface area contributed by atoms with Crippen LogP contribution < -0.4 is 5.32 Å². The molecule has 0 saturated heterocycles. The van der Waals surface area contributed by atoms with Gasteiger partial charge in [0.2, 0.25) is 0 Å². The first kappa shape index (κ1) is 14.6. The number of hydrogen-bond acceptors (Lipinski definition) is 2. The van der Waals surface area contributed by atoms with Gasteiger partial charge in [-0.05, 0) is 37.1 Å². The molecule has 1 saturated carbocycles. The predicted molar refractivity (Wildman–Crippen MR) is 80.1 cm³/mol. The molecule has 0 radical (unpaired) electrons. The highest BCUT2D eigenvalue weighted by Crippen LogP contribution is 2.44. The van der Waals surface area contributed by atoms with Gasteiger partial charge in [-0.2, -0.15) is 0 Å². The largest absolute Gasteiger partial charge is 0.338 e. The van der Waals surface area contributed by atoms with Crippen molar-refractivity contribution in [2.45, 2.75) is 58.9 Å². The van der Waals surface area contributed by atoms with Crippen molar-refractivity contribution in [1.29, 1.82) is 0 Å². The van der Waals surface area contributed by atoms with E-state index in [9.17, 15) is 0 Å². The first-order valence-corrected chi connectivity index (χ1v) is 7.74. The van der Waals surface area contributed by atoms with Crippen molar-refractivity contribution in [3.8, 4) is 0 Å². The second-order valence-electron chi connectivity index (χ2n) is 6.71. The van der Waals surface area contributed by atoms with Crippen LogP contribution in [0.1, 0.15) is 52.3 Å². The van der Waals surface area contributed by atoms with Gasteiger partial charge >= 0.3 is 0 Å². The molecule has 19 heavy (non-hydrogen) atoms. The summed E-state index contributed by atoms with van der Waals surface area (Å²) in [5.41, 5.74) is 0.469. The van der Waals surface area contributed by atoms with Crippen LogP contribution in [0.25, 0.3) is 0 Å². The Morgan fingerprint density at radius 2 is 2.32 bits per heavy atom. The smallest absolute Gasteiger partial charge is 0.109 e. The van der Waals surface area contributed by atoms with Crippen LogP contribution in [0, 0.1) is 11.3 Å². The third kappa shape index (κ3) is 3.38. The summed E-state index contributed by atoms with van der Waals surface area (Å²) in [6, 6.07) is 0.568. The summed E-state index contributed by atoms with van der Waals surface area (Å²) >= 11 is 0. The summed E-state index contributed by atoms with van der Waals surface area (Å²) in [4.78, 5) is 4.51. The van der Waals surface area contributed by atoms with Crippen LogP contribution in [0.3, 0.4) is 0 Å². The molecule has 1 N–H and O–H groups in total. The Kier molecular flexibility index (Phi) is 4.67. The zero-order valence-electron chi connectivity index (χ0n) is 12.9. The summed E-state index contributed by atoms with van der Waals surface area (Å²) in [6.45, 7) is 8.22. The molecular weight excluding hydrogens is 234 g/mol. The highest BCUT2D eigenvalue weighted by molar-refractivity contribution is 5.00. The highest BCUT2D eigenvalue weighted by atomic mass is 15.0. The van der Waals surface area contributed by atoms with E-state index in [1.807, 2.05) is 12.4 Å². The lowest BCUT2D eigenvalue weighted by Gasteiger charge is -2.34. The molecule has 3 nitrogen and oxygen atoms in total. The van der Waals surface area contributed by atoms with Crippen LogP contribution in [0.2, 0.25) is 0 Å². The van der Waals surface area contributed by atoms with Crippen molar-refractivity contribution < 1.29 is 0 Å². The summed E-state index contributed by atoms with van der Waals surface area (Å²) < 4.78 is 2.16. The average molecular weight is 263 g/mol. The Balaban J connectivity index is 2.09. The third-order valence-corrected chi connectivity index (χ3v) is 4.81. The first-order chi connectivity index (χ1) is 9.04. The minimum absolute atomic E-state index is 0.469. The first-order valence-electron chi connectivity index (χ1n) is 7.74. The molecule has 0 spiro atoms. The van der Waals surface area contributed by atoms with Crippen LogP contribution in [-0.2, 0) is 13.5 Å². The van der Waals surface area contributed by atoms with Crippen LogP contribution in [0.5, 0.6) is 0 Å². The molecule has 1 aromatic rings. The van der Waals surface area contributed by atoms with Crippen molar-refractivity contribution in [3.63, 3.8) is 0 Å². The van der Waals surface area contributed by atoms with Gasteiger partial charge in [0.1, 0.15) is 5.82 Å². The Morgan fingerprint density at radius 1 is 1.53 bits per heavy atom. The van der Waals surface area contributed by atoms with Gasteiger partial charge in [0.25, 0.3) is 0 Å². The van der Waals surface area contributed by atoms with Gasteiger partial charge in [0.05, 0.1) is 0 Å². The van der Waals surface area contributed by atoms with E-state index < -0.39 is 0 Å². The van der Waals surface area contributed by atoms with Crippen LogP contribution in [0.4, 0.5) is 0 Å². The molecule has 0 amide bonds. The van der Waals surface area contributed by atoms with Gasteiger partial charge in [0, 0.05) is 31.9 Å². The second-order valence-corrected chi connectivity index (χ2v) is 6.71. The molecule has 108 valence electrons. The van der Waals surface area contributed by atoms with E-state index in [-0.39, 0.29) is 0 Å². The maximum atomic E-state index is 4.51. The maximum Gasteiger partial charge on any atom is 0.109 e. The molecule has 0 aromatic carbocycles. The molecule has 0 aliphatic heterocycles. The lowest BCUT2D eigenvalue weighted by Crippen LogP contribution is -2.43. The van der Waals surface area contributed by atoms with Crippen LogP contribution in [-0.4, -0.2) is 22.1 Å².